The molecule has 4 atom stereocenters. The third-order valence-electron chi connectivity index (χ3n) is 6.95. The maximum atomic E-state index is 13.8. The molecule has 11 nitrogen and oxygen atoms in total. The van der Waals surface area contributed by atoms with Gasteiger partial charge in [-0.15, -0.1) is 0 Å². The number of carbonyl (C=O) groups excluding carboxylic acids is 4. The molecule has 196 valence electrons. The van der Waals surface area contributed by atoms with E-state index in [1.54, 1.807) is 39.8 Å². The fraction of sp³-hybridized carbons (Fsp3) is 0.600. The second kappa shape index (κ2) is 9.27. The lowest BCUT2D eigenvalue weighted by Crippen LogP contribution is -2.67. The van der Waals surface area contributed by atoms with Crippen LogP contribution in [0.25, 0.3) is 0 Å². The Morgan fingerprint density at radius 2 is 1.75 bits per heavy atom. The fourth-order valence-corrected chi connectivity index (χ4v) is 5.74. The van der Waals surface area contributed by atoms with Crippen LogP contribution in [0, 0.1) is 11.8 Å². The molecule has 3 aliphatic rings. The topological polar surface area (TPSA) is 124 Å². The number of amides is 2. The van der Waals surface area contributed by atoms with E-state index in [-0.39, 0.29) is 25.7 Å². The van der Waals surface area contributed by atoms with Gasteiger partial charge in [0.2, 0.25) is 5.66 Å². The van der Waals surface area contributed by atoms with E-state index in [1.165, 1.54) is 12.0 Å². The minimum Gasteiger partial charge on any atom is -0.468 e. The van der Waals surface area contributed by atoms with Crippen molar-refractivity contribution in [3.63, 3.8) is 0 Å². The average Bonchev–Trinajstić information content (AvgIpc) is 3.47. The van der Waals surface area contributed by atoms with Crippen molar-refractivity contribution in [2.75, 3.05) is 20.3 Å². The molecule has 3 fully saturated rings. The third-order valence-corrected chi connectivity index (χ3v) is 6.95. The molecule has 2 aliphatic heterocycles. The standard InChI is InChI=1S/C25H33N3O8/c1-6-34-20(30)25-18-17(14-27(25)21(31)35-15-16-10-8-7-9-11-16)12-13-24(18,19(29)33-5)26-28(25)22(32)36-23(2,3)4/h7-11,17-18,26H,6,12-15H2,1-5H3/t17-,18+,24-,25+/m0/s1. The largest absolute Gasteiger partial charge is 0.468 e. The first-order chi connectivity index (χ1) is 17.0. The molecule has 1 N–H and O–H groups in total. The van der Waals surface area contributed by atoms with Crippen LogP contribution in [0.15, 0.2) is 30.3 Å². The van der Waals surface area contributed by atoms with Crippen LogP contribution in [0.3, 0.4) is 0 Å². The summed E-state index contributed by atoms with van der Waals surface area (Å²) in [5, 5.41) is 0.945. The van der Waals surface area contributed by atoms with E-state index in [2.05, 4.69) is 5.43 Å². The number of esters is 2. The molecule has 11 heteroatoms. The molecule has 1 aromatic carbocycles. The summed E-state index contributed by atoms with van der Waals surface area (Å²) >= 11 is 0. The normalized spacial score (nSPS) is 28.5. The predicted molar refractivity (Wildman–Crippen MR) is 125 cm³/mol. The number of carbonyl (C=O) groups is 4. The zero-order chi connectivity index (χ0) is 26.3. The van der Waals surface area contributed by atoms with Gasteiger partial charge in [0.15, 0.2) is 0 Å². The van der Waals surface area contributed by atoms with Crippen LogP contribution in [0.4, 0.5) is 9.59 Å². The summed E-state index contributed by atoms with van der Waals surface area (Å²) in [4.78, 5) is 55.1. The van der Waals surface area contributed by atoms with Gasteiger partial charge in [0, 0.05) is 12.5 Å². The van der Waals surface area contributed by atoms with Crippen molar-refractivity contribution in [3.8, 4) is 0 Å². The molecule has 0 unspecified atom stereocenters. The number of hydrazine groups is 1. The number of nitrogens with one attached hydrogen (secondary N) is 1. The maximum absolute atomic E-state index is 13.8. The number of hydrogen-bond acceptors (Lipinski definition) is 9. The number of nitrogens with zero attached hydrogens (tertiary/aromatic N) is 2. The van der Waals surface area contributed by atoms with E-state index in [4.69, 9.17) is 18.9 Å². The third kappa shape index (κ3) is 3.95. The first-order valence-corrected chi connectivity index (χ1v) is 12.1. The van der Waals surface area contributed by atoms with E-state index in [0.29, 0.717) is 12.8 Å². The van der Waals surface area contributed by atoms with Crippen molar-refractivity contribution in [1.29, 1.82) is 0 Å². The Labute approximate surface area is 209 Å². The molecule has 0 radical (unpaired) electrons. The van der Waals surface area contributed by atoms with Gasteiger partial charge in [0.25, 0.3) is 0 Å². The zero-order valence-electron chi connectivity index (χ0n) is 21.2. The highest BCUT2D eigenvalue weighted by molar-refractivity contribution is 5.95. The molecule has 1 saturated carbocycles. The Bertz CT molecular complexity index is 1040. The molecule has 2 amide bonds. The minimum absolute atomic E-state index is 0.00173. The molecule has 0 aromatic heterocycles. The molecule has 1 aliphatic carbocycles. The van der Waals surface area contributed by atoms with Crippen molar-refractivity contribution >= 4 is 24.1 Å². The molecular formula is C25H33N3O8. The lowest BCUT2D eigenvalue weighted by molar-refractivity contribution is -0.169. The van der Waals surface area contributed by atoms with E-state index in [0.717, 1.165) is 10.6 Å². The maximum Gasteiger partial charge on any atom is 0.427 e. The van der Waals surface area contributed by atoms with Gasteiger partial charge < -0.3 is 18.9 Å². The summed E-state index contributed by atoms with van der Waals surface area (Å²) in [6.07, 6.45) is -0.895. The zero-order valence-corrected chi connectivity index (χ0v) is 21.2. The lowest BCUT2D eigenvalue weighted by Gasteiger charge is -2.40. The van der Waals surface area contributed by atoms with E-state index in [9.17, 15) is 19.2 Å². The number of ether oxygens (including phenoxy) is 4. The highest BCUT2D eigenvalue weighted by Gasteiger charge is 2.81. The van der Waals surface area contributed by atoms with Crippen molar-refractivity contribution in [3.05, 3.63) is 35.9 Å². The highest BCUT2D eigenvalue weighted by atomic mass is 16.6. The molecule has 4 rings (SSSR count). The van der Waals surface area contributed by atoms with Gasteiger partial charge in [-0.1, -0.05) is 30.3 Å². The quantitative estimate of drug-likeness (QED) is 0.477. The van der Waals surface area contributed by atoms with Crippen LogP contribution in [-0.4, -0.2) is 71.1 Å². The molecular weight excluding hydrogens is 470 g/mol. The summed E-state index contributed by atoms with van der Waals surface area (Å²) in [7, 11) is 1.25. The smallest absolute Gasteiger partial charge is 0.427 e. The van der Waals surface area contributed by atoms with Gasteiger partial charge in [-0.05, 0) is 52.0 Å². The Kier molecular flexibility index (Phi) is 6.63. The molecule has 36 heavy (non-hydrogen) atoms. The second-order valence-corrected chi connectivity index (χ2v) is 10.3. The second-order valence-electron chi connectivity index (χ2n) is 10.3. The lowest BCUT2D eigenvalue weighted by atomic mass is 9.78. The van der Waals surface area contributed by atoms with Crippen LogP contribution in [0.2, 0.25) is 0 Å². The van der Waals surface area contributed by atoms with Crippen molar-refractivity contribution in [2.45, 2.75) is 63.9 Å². The Morgan fingerprint density at radius 3 is 2.36 bits per heavy atom. The number of hydrogen-bond donors (Lipinski definition) is 1. The highest BCUT2D eigenvalue weighted by Crippen LogP contribution is 2.59. The Balaban J connectivity index is 1.80. The molecule has 0 spiro atoms. The van der Waals surface area contributed by atoms with E-state index < -0.39 is 46.8 Å². The van der Waals surface area contributed by atoms with Crippen LogP contribution in [-0.2, 0) is 35.1 Å². The Hall–Kier alpha value is -3.34. The monoisotopic (exact) mass is 503 g/mol. The summed E-state index contributed by atoms with van der Waals surface area (Å²) in [5.74, 6) is -2.60. The molecule has 2 saturated heterocycles. The predicted octanol–water partition coefficient (Wildman–Crippen LogP) is 2.59. The van der Waals surface area contributed by atoms with Gasteiger partial charge in [-0.25, -0.2) is 29.6 Å². The van der Waals surface area contributed by atoms with Crippen molar-refractivity contribution in [1.82, 2.24) is 15.3 Å². The summed E-state index contributed by atoms with van der Waals surface area (Å²) in [6.45, 7) is 6.72. The molecule has 1 aromatic rings. The number of methoxy groups -OCH3 is 1. The average molecular weight is 504 g/mol. The molecule has 0 bridgehead atoms. The van der Waals surface area contributed by atoms with Crippen LogP contribution in [0.1, 0.15) is 46.1 Å². The number of rotatable bonds is 5. The van der Waals surface area contributed by atoms with Crippen molar-refractivity contribution < 1.29 is 38.1 Å². The fourth-order valence-electron chi connectivity index (χ4n) is 5.74. The summed E-state index contributed by atoms with van der Waals surface area (Å²) < 4.78 is 21.7. The first kappa shape index (κ1) is 25.7. The Morgan fingerprint density at radius 1 is 1.06 bits per heavy atom. The number of benzene rings is 1. The first-order valence-electron chi connectivity index (χ1n) is 12.1. The van der Waals surface area contributed by atoms with Gasteiger partial charge in [0.05, 0.1) is 13.7 Å². The molecule has 2 heterocycles. The number of likely N-dealkylation sites (tertiary alicyclic amines) is 1. The van der Waals surface area contributed by atoms with Crippen LogP contribution < -0.4 is 5.43 Å². The van der Waals surface area contributed by atoms with Gasteiger partial charge >= 0.3 is 24.1 Å². The SMILES string of the molecule is CCOC(=O)[C@@]12[C@@H]3[C@@H](CC[C@]3(C(=O)OC)NN1C(=O)OC(C)(C)C)CN2C(=O)OCc1ccccc1. The van der Waals surface area contributed by atoms with E-state index in [1.807, 2.05) is 18.2 Å². The van der Waals surface area contributed by atoms with Crippen molar-refractivity contribution in [2.24, 2.45) is 11.8 Å². The minimum atomic E-state index is -2.00. The summed E-state index contributed by atoms with van der Waals surface area (Å²) in [5.41, 5.74) is -0.632. The van der Waals surface area contributed by atoms with Gasteiger partial charge in [-0.3, -0.25) is 4.90 Å². The van der Waals surface area contributed by atoms with Gasteiger partial charge in [0.1, 0.15) is 17.7 Å². The van der Waals surface area contributed by atoms with E-state index >= 15 is 0 Å². The van der Waals surface area contributed by atoms with Crippen LogP contribution in [0.5, 0.6) is 0 Å². The van der Waals surface area contributed by atoms with Gasteiger partial charge in [-0.2, -0.15) is 0 Å². The van der Waals surface area contributed by atoms with Crippen LogP contribution >= 0.6 is 0 Å². The summed E-state index contributed by atoms with van der Waals surface area (Å²) in [6, 6.07) is 9.09.